The van der Waals surface area contributed by atoms with E-state index in [2.05, 4.69) is 5.32 Å². The van der Waals surface area contributed by atoms with Crippen molar-refractivity contribution in [2.75, 3.05) is 17.7 Å². The second-order valence-corrected chi connectivity index (χ2v) is 7.77. The average Bonchev–Trinajstić information content (AvgIpc) is 2.66. The molecule has 1 rings (SSSR count). The van der Waals surface area contributed by atoms with E-state index in [0.717, 1.165) is 31.4 Å². The first kappa shape index (κ1) is 27.5. The summed E-state index contributed by atoms with van der Waals surface area (Å²) in [6.07, 6.45) is 9.59. The second kappa shape index (κ2) is 17.3. The molecule has 1 amide bonds. The average molecular weight is 488 g/mol. The highest BCUT2D eigenvalue weighted by Gasteiger charge is 2.07. The summed E-state index contributed by atoms with van der Waals surface area (Å²) >= 11 is 1.42. The Balaban J connectivity index is 0.00000784. The number of rotatable bonds is 14. The van der Waals surface area contributed by atoms with Crippen molar-refractivity contribution in [3.63, 3.8) is 0 Å². The second-order valence-electron chi connectivity index (χ2n) is 6.64. The third-order valence-corrected chi connectivity index (χ3v) is 5.04. The smallest absolute Gasteiger partial charge is 0.338 e. The van der Waals surface area contributed by atoms with E-state index in [1.807, 2.05) is 0 Å². The fourth-order valence-corrected chi connectivity index (χ4v) is 3.33. The Morgan fingerprint density at radius 1 is 1.00 bits per heavy atom. The number of benzene rings is 1. The summed E-state index contributed by atoms with van der Waals surface area (Å²) < 4.78 is 4.94. The molecule has 0 spiro atoms. The molecule has 0 aliphatic heterocycles. The molecule has 1 aromatic carbocycles. The van der Waals surface area contributed by atoms with Gasteiger partial charge in [0.1, 0.15) is 0 Å². The Morgan fingerprint density at radius 2 is 1.55 bits per heavy atom. The number of amides is 1. The molecule has 0 saturated heterocycles. The van der Waals surface area contributed by atoms with Crippen molar-refractivity contribution < 1.29 is 14.3 Å². The summed E-state index contributed by atoms with van der Waals surface area (Å²) in [6.45, 7) is 2.11. The topological polar surface area (TPSA) is 105 Å². The molecule has 0 atom stereocenters. The van der Waals surface area contributed by atoms with Crippen LogP contribution in [-0.4, -0.2) is 29.4 Å². The number of carbonyl (C=O) groups excluding carboxylic acids is 2. The number of ether oxygens (including phenoxy) is 1. The van der Waals surface area contributed by atoms with Gasteiger partial charge in [0.25, 0.3) is 0 Å². The lowest BCUT2D eigenvalue weighted by molar-refractivity contribution is -0.116. The zero-order valence-electron chi connectivity index (χ0n) is 17.2. The monoisotopic (exact) mass is 487 g/mol. The molecule has 0 aliphatic rings. The molecule has 8 heteroatoms. The van der Waals surface area contributed by atoms with E-state index in [-0.39, 0.29) is 34.0 Å². The number of halogens is 1. The maximum Gasteiger partial charge on any atom is 0.338 e. The largest absolute Gasteiger partial charge is 0.462 e. The van der Waals surface area contributed by atoms with Crippen molar-refractivity contribution in [1.29, 1.82) is 5.41 Å². The van der Waals surface area contributed by atoms with Gasteiger partial charge in [0.05, 0.1) is 12.2 Å². The quantitative estimate of drug-likeness (QED) is 0.138. The van der Waals surface area contributed by atoms with Gasteiger partial charge in [0.15, 0.2) is 5.17 Å². The number of carbonyl (C=O) groups is 2. The molecule has 0 fully saturated rings. The number of hydrogen-bond donors (Lipinski definition) is 3. The molecular formula is C21H34BrN3O3S. The van der Waals surface area contributed by atoms with Crippen LogP contribution in [0.1, 0.15) is 75.1 Å². The third-order valence-electron chi connectivity index (χ3n) is 4.24. The van der Waals surface area contributed by atoms with Crippen molar-refractivity contribution in [1.82, 2.24) is 0 Å². The molecule has 6 nitrogen and oxygen atoms in total. The first-order valence-electron chi connectivity index (χ1n) is 10.1. The van der Waals surface area contributed by atoms with Crippen molar-refractivity contribution in [3.05, 3.63) is 29.8 Å². The highest BCUT2D eigenvalue weighted by atomic mass is 79.9. The van der Waals surface area contributed by atoms with Gasteiger partial charge in [-0.1, -0.05) is 50.3 Å². The first-order valence-corrected chi connectivity index (χ1v) is 11.1. The van der Waals surface area contributed by atoms with E-state index in [4.69, 9.17) is 15.9 Å². The van der Waals surface area contributed by atoms with Gasteiger partial charge in [-0.3, -0.25) is 10.2 Å². The summed E-state index contributed by atoms with van der Waals surface area (Å²) in [4.78, 5) is 23.6. The van der Waals surface area contributed by atoms with E-state index >= 15 is 0 Å². The predicted molar refractivity (Wildman–Crippen MR) is 127 cm³/mol. The van der Waals surface area contributed by atoms with Crippen LogP contribution in [0, 0.1) is 5.41 Å². The lowest BCUT2D eigenvalue weighted by atomic mass is 10.1. The molecule has 164 valence electrons. The van der Waals surface area contributed by atoms with Crippen LogP contribution in [0.15, 0.2) is 24.3 Å². The highest BCUT2D eigenvalue weighted by Crippen LogP contribution is 2.14. The lowest BCUT2D eigenvalue weighted by Gasteiger charge is -2.07. The number of hydrogen-bond acceptors (Lipinski definition) is 5. The summed E-state index contributed by atoms with van der Waals surface area (Å²) in [6, 6.07) is 6.76. The van der Waals surface area contributed by atoms with E-state index in [1.165, 1.54) is 37.4 Å². The van der Waals surface area contributed by atoms with Gasteiger partial charge in [0, 0.05) is 17.9 Å². The van der Waals surface area contributed by atoms with Crippen LogP contribution >= 0.6 is 28.7 Å². The molecule has 0 saturated carbocycles. The standard InChI is InChI=1S/C21H33N3O3S.BrH/c1-2-27-20(26)17-12-14-18(15-13-17)24-19(25)11-9-7-5-3-4-6-8-10-16-28-21(22)23;/h12-15H,2-11,16H2,1H3,(H3,22,23)(H,24,25);1H. The molecule has 0 heterocycles. The van der Waals surface area contributed by atoms with Crippen molar-refractivity contribution in [2.24, 2.45) is 5.73 Å². The van der Waals surface area contributed by atoms with Gasteiger partial charge in [-0.05, 0) is 44.0 Å². The SMILES string of the molecule is Br.CCOC(=O)c1ccc(NC(=O)CCCCCCCCCCSC(=N)N)cc1. The molecule has 0 unspecified atom stereocenters. The minimum Gasteiger partial charge on any atom is -0.462 e. The van der Waals surface area contributed by atoms with Crippen LogP contribution < -0.4 is 11.1 Å². The first-order chi connectivity index (χ1) is 13.5. The van der Waals surface area contributed by atoms with Crippen LogP contribution in [0.25, 0.3) is 0 Å². The Labute approximate surface area is 189 Å². The lowest BCUT2D eigenvalue weighted by Crippen LogP contribution is -2.11. The fraction of sp³-hybridized carbons (Fsp3) is 0.571. The van der Waals surface area contributed by atoms with Crippen molar-refractivity contribution >= 4 is 51.5 Å². The van der Waals surface area contributed by atoms with Gasteiger partial charge in [-0.15, -0.1) is 17.0 Å². The number of nitrogens with two attached hydrogens (primary N) is 1. The minimum absolute atomic E-state index is 0. The van der Waals surface area contributed by atoms with Gasteiger partial charge in [0.2, 0.25) is 5.91 Å². The van der Waals surface area contributed by atoms with Gasteiger partial charge in [-0.25, -0.2) is 4.79 Å². The summed E-state index contributed by atoms with van der Waals surface area (Å²) in [5.41, 5.74) is 6.47. The van der Waals surface area contributed by atoms with Gasteiger partial charge in [-0.2, -0.15) is 0 Å². The van der Waals surface area contributed by atoms with E-state index < -0.39 is 0 Å². The number of nitrogens with one attached hydrogen (secondary N) is 2. The Kier molecular flexibility index (Phi) is 16.4. The highest BCUT2D eigenvalue weighted by molar-refractivity contribution is 8.93. The number of anilines is 1. The summed E-state index contributed by atoms with van der Waals surface area (Å²) in [7, 11) is 0. The Bertz CT molecular complexity index is 612. The van der Waals surface area contributed by atoms with Gasteiger partial charge >= 0.3 is 5.97 Å². The predicted octanol–water partition coefficient (Wildman–Crippen LogP) is 5.52. The molecule has 0 bridgehead atoms. The number of esters is 1. The number of unbranched alkanes of at least 4 members (excludes halogenated alkanes) is 7. The normalized spacial score (nSPS) is 10.1. The molecular weight excluding hydrogens is 454 g/mol. The molecule has 1 aromatic rings. The zero-order valence-corrected chi connectivity index (χ0v) is 19.7. The number of amidine groups is 1. The van der Waals surface area contributed by atoms with Crippen LogP contribution in [0.2, 0.25) is 0 Å². The van der Waals surface area contributed by atoms with Crippen LogP contribution in [-0.2, 0) is 9.53 Å². The van der Waals surface area contributed by atoms with Crippen LogP contribution in [0.3, 0.4) is 0 Å². The van der Waals surface area contributed by atoms with Crippen molar-refractivity contribution in [2.45, 2.75) is 64.7 Å². The maximum absolute atomic E-state index is 12.0. The van der Waals surface area contributed by atoms with Crippen LogP contribution in [0.5, 0.6) is 0 Å². The Hall–Kier alpha value is -1.54. The molecule has 0 radical (unpaired) electrons. The number of thioether (sulfide) groups is 1. The van der Waals surface area contributed by atoms with Crippen LogP contribution in [0.4, 0.5) is 5.69 Å². The molecule has 0 aromatic heterocycles. The third kappa shape index (κ3) is 14.1. The van der Waals surface area contributed by atoms with E-state index in [1.54, 1.807) is 31.2 Å². The summed E-state index contributed by atoms with van der Waals surface area (Å²) in [5.74, 6) is 0.595. The van der Waals surface area contributed by atoms with E-state index in [0.29, 0.717) is 24.3 Å². The molecule has 0 aliphatic carbocycles. The zero-order chi connectivity index (χ0) is 20.6. The van der Waals surface area contributed by atoms with Crippen molar-refractivity contribution in [3.8, 4) is 0 Å². The minimum atomic E-state index is -0.352. The molecule has 29 heavy (non-hydrogen) atoms. The van der Waals surface area contributed by atoms with Gasteiger partial charge < -0.3 is 15.8 Å². The molecule has 4 N–H and O–H groups in total. The maximum atomic E-state index is 12.0. The van der Waals surface area contributed by atoms with E-state index in [9.17, 15) is 9.59 Å². The Morgan fingerprint density at radius 3 is 2.10 bits per heavy atom. The fourth-order valence-electron chi connectivity index (χ4n) is 2.76. The summed E-state index contributed by atoms with van der Waals surface area (Å²) in [5, 5.41) is 10.2.